The van der Waals surface area contributed by atoms with Gasteiger partial charge in [0.05, 0.1) is 25.4 Å². The zero-order valence-corrected chi connectivity index (χ0v) is 20.5. The normalized spacial score (nSPS) is 16.3. The number of nitrogens with zero attached hydrogens (tertiary/aromatic N) is 6. The van der Waals surface area contributed by atoms with Crippen LogP contribution in [0.25, 0.3) is 0 Å². The summed E-state index contributed by atoms with van der Waals surface area (Å²) in [4.78, 5) is 24.4. The molecule has 1 fully saturated rings. The van der Waals surface area contributed by atoms with Gasteiger partial charge in [0.1, 0.15) is 23.5 Å². The van der Waals surface area contributed by atoms with Crippen molar-refractivity contribution in [1.29, 1.82) is 5.41 Å². The standard InChI is InChI=1S/C24H36N10O/c1-2-35-15-12-28-22-21(19(25)16-29-18-6-4-3-5-7-18)32-24(34-13-10-26-11-14-34)33-23(22)31-20-8-9-27-17-30-20/h8-10,17-18,25,28-29H,2-7,11-16H2,1H3,(H,27,30,31,32,33). The highest BCUT2D eigenvalue weighted by Gasteiger charge is 2.23. The molecule has 11 heteroatoms. The monoisotopic (exact) mass is 480 g/mol. The number of aliphatic imine (C=N–C) groups is 1. The maximum Gasteiger partial charge on any atom is 0.228 e. The van der Waals surface area contributed by atoms with Crippen LogP contribution in [0.4, 0.5) is 23.3 Å². The van der Waals surface area contributed by atoms with Crippen molar-refractivity contribution in [3.05, 3.63) is 24.3 Å². The number of hydrogen-bond acceptors (Lipinski definition) is 11. The summed E-state index contributed by atoms with van der Waals surface area (Å²) in [6.45, 7) is 6.25. The van der Waals surface area contributed by atoms with E-state index < -0.39 is 0 Å². The van der Waals surface area contributed by atoms with Crippen LogP contribution >= 0.6 is 0 Å². The van der Waals surface area contributed by atoms with Crippen LogP contribution in [0, 0.1) is 5.41 Å². The fourth-order valence-corrected chi connectivity index (χ4v) is 4.28. The Labute approximate surface area is 206 Å². The van der Waals surface area contributed by atoms with Gasteiger partial charge in [0, 0.05) is 44.7 Å². The number of rotatable bonds is 12. The number of anilines is 4. The molecular formula is C24H36N10O. The number of ether oxygens (including phenoxy) is 1. The molecule has 2 aromatic heterocycles. The molecule has 1 aliphatic heterocycles. The molecule has 0 saturated heterocycles. The Hall–Kier alpha value is -3.18. The summed E-state index contributed by atoms with van der Waals surface area (Å²) < 4.78 is 5.53. The van der Waals surface area contributed by atoms with E-state index in [4.69, 9.17) is 20.1 Å². The summed E-state index contributed by atoms with van der Waals surface area (Å²) in [7, 11) is 0. The van der Waals surface area contributed by atoms with Gasteiger partial charge in [-0.15, -0.1) is 0 Å². The molecule has 0 spiro atoms. The minimum atomic E-state index is 0.426. The average molecular weight is 481 g/mol. The van der Waals surface area contributed by atoms with Crippen molar-refractivity contribution >= 4 is 35.2 Å². The van der Waals surface area contributed by atoms with Crippen LogP contribution in [0.3, 0.4) is 0 Å². The van der Waals surface area contributed by atoms with E-state index in [9.17, 15) is 0 Å². The number of hydrogen-bond donors (Lipinski definition) is 4. The molecular weight excluding hydrogens is 444 g/mol. The molecule has 11 nitrogen and oxygen atoms in total. The molecule has 0 radical (unpaired) electrons. The second kappa shape index (κ2) is 13.1. The summed E-state index contributed by atoms with van der Waals surface area (Å²) in [5.41, 5.74) is 1.68. The zero-order chi connectivity index (χ0) is 24.3. The lowest BCUT2D eigenvalue weighted by molar-refractivity contribution is 0.158. The topological polar surface area (TPSA) is 136 Å². The molecule has 0 unspecified atom stereocenters. The lowest BCUT2D eigenvalue weighted by Crippen LogP contribution is -2.36. The lowest BCUT2D eigenvalue weighted by Gasteiger charge is -2.26. The lowest BCUT2D eigenvalue weighted by atomic mass is 9.95. The summed E-state index contributed by atoms with van der Waals surface area (Å²) in [5.74, 6) is 1.76. The van der Waals surface area contributed by atoms with E-state index in [0.29, 0.717) is 80.1 Å². The van der Waals surface area contributed by atoms with Crippen LogP contribution < -0.4 is 20.9 Å². The van der Waals surface area contributed by atoms with Crippen molar-refractivity contribution in [2.75, 3.05) is 61.5 Å². The minimum Gasteiger partial charge on any atom is -0.380 e. The van der Waals surface area contributed by atoms with Gasteiger partial charge < -0.3 is 31.0 Å². The van der Waals surface area contributed by atoms with Crippen molar-refractivity contribution < 1.29 is 4.74 Å². The molecule has 0 bridgehead atoms. The van der Waals surface area contributed by atoms with E-state index in [0.717, 1.165) is 19.4 Å². The first-order valence-electron chi connectivity index (χ1n) is 12.6. The predicted molar refractivity (Wildman–Crippen MR) is 140 cm³/mol. The Morgan fingerprint density at radius 3 is 2.86 bits per heavy atom. The molecule has 1 aliphatic carbocycles. The Balaban J connectivity index is 1.65. The van der Waals surface area contributed by atoms with E-state index in [1.807, 2.05) is 13.1 Å². The molecule has 188 valence electrons. The molecule has 3 heterocycles. The first-order chi connectivity index (χ1) is 17.2. The number of aromatic nitrogens is 4. The van der Waals surface area contributed by atoms with E-state index in [1.54, 1.807) is 12.3 Å². The summed E-state index contributed by atoms with van der Waals surface area (Å²) >= 11 is 0. The van der Waals surface area contributed by atoms with Crippen LogP contribution in [0.2, 0.25) is 0 Å². The van der Waals surface area contributed by atoms with Crippen molar-refractivity contribution in [3.63, 3.8) is 0 Å². The van der Waals surface area contributed by atoms with Gasteiger partial charge in [-0.05, 0) is 25.8 Å². The van der Waals surface area contributed by atoms with Gasteiger partial charge in [0.2, 0.25) is 5.95 Å². The van der Waals surface area contributed by atoms with Crippen molar-refractivity contribution in [2.24, 2.45) is 4.99 Å². The summed E-state index contributed by atoms with van der Waals surface area (Å²) in [6, 6.07) is 2.24. The van der Waals surface area contributed by atoms with Crippen LogP contribution in [0.1, 0.15) is 44.7 Å². The maximum atomic E-state index is 8.97. The molecule has 0 aromatic carbocycles. The molecule has 4 N–H and O–H groups in total. The largest absolute Gasteiger partial charge is 0.380 e. The molecule has 4 rings (SSSR count). The van der Waals surface area contributed by atoms with Gasteiger partial charge in [-0.3, -0.25) is 4.99 Å². The van der Waals surface area contributed by atoms with Gasteiger partial charge in [-0.2, -0.15) is 4.98 Å². The van der Waals surface area contributed by atoms with E-state index in [2.05, 4.69) is 35.8 Å². The predicted octanol–water partition coefficient (Wildman–Crippen LogP) is 2.64. The molecule has 0 atom stereocenters. The van der Waals surface area contributed by atoms with Gasteiger partial charge in [0.25, 0.3) is 0 Å². The van der Waals surface area contributed by atoms with Crippen LogP contribution in [0.15, 0.2) is 23.6 Å². The van der Waals surface area contributed by atoms with Crippen LogP contribution in [-0.4, -0.2) is 83.8 Å². The van der Waals surface area contributed by atoms with Crippen molar-refractivity contribution in [3.8, 4) is 0 Å². The SMILES string of the molecule is CCOCCNc1c(Nc2ccncn2)nc(N2CC=NCC2)nc1C(=N)CNC1CCCCC1. The third-order valence-corrected chi connectivity index (χ3v) is 6.15. The second-order valence-corrected chi connectivity index (χ2v) is 8.67. The quantitative estimate of drug-likeness (QED) is 0.267. The second-order valence-electron chi connectivity index (χ2n) is 8.67. The van der Waals surface area contributed by atoms with Crippen molar-refractivity contribution in [2.45, 2.75) is 45.1 Å². The Kier molecular flexibility index (Phi) is 9.30. The van der Waals surface area contributed by atoms with E-state index in [1.165, 1.54) is 25.6 Å². The third-order valence-electron chi connectivity index (χ3n) is 6.15. The minimum absolute atomic E-state index is 0.426. The highest BCUT2D eigenvalue weighted by Crippen LogP contribution is 2.29. The zero-order valence-electron chi connectivity index (χ0n) is 20.5. The van der Waals surface area contributed by atoms with Crippen LogP contribution in [0.5, 0.6) is 0 Å². The summed E-state index contributed by atoms with van der Waals surface area (Å²) in [5, 5.41) is 19.3. The first-order valence-corrected chi connectivity index (χ1v) is 12.6. The number of nitrogens with one attached hydrogen (secondary N) is 4. The smallest absolute Gasteiger partial charge is 0.228 e. The van der Waals surface area contributed by atoms with Crippen LogP contribution in [-0.2, 0) is 4.74 Å². The molecule has 0 amide bonds. The van der Waals surface area contributed by atoms with Crippen molar-refractivity contribution in [1.82, 2.24) is 25.3 Å². The molecule has 2 aromatic rings. The van der Waals surface area contributed by atoms with Gasteiger partial charge in [-0.25, -0.2) is 15.0 Å². The highest BCUT2D eigenvalue weighted by molar-refractivity contribution is 6.05. The van der Waals surface area contributed by atoms with Gasteiger partial charge in [0.15, 0.2) is 5.82 Å². The van der Waals surface area contributed by atoms with E-state index in [-0.39, 0.29) is 0 Å². The average Bonchev–Trinajstić information content (AvgIpc) is 2.92. The Morgan fingerprint density at radius 1 is 1.23 bits per heavy atom. The summed E-state index contributed by atoms with van der Waals surface area (Å²) in [6.07, 6.45) is 11.2. The fraction of sp³-hybridized carbons (Fsp3) is 0.583. The first kappa shape index (κ1) is 24.9. The Morgan fingerprint density at radius 2 is 2.11 bits per heavy atom. The molecule has 35 heavy (non-hydrogen) atoms. The van der Waals surface area contributed by atoms with E-state index >= 15 is 0 Å². The highest BCUT2D eigenvalue weighted by atomic mass is 16.5. The Bertz CT molecular complexity index is 978. The fourth-order valence-electron chi connectivity index (χ4n) is 4.28. The molecule has 2 aliphatic rings. The third kappa shape index (κ3) is 7.15. The maximum absolute atomic E-state index is 8.97. The van der Waals surface area contributed by atoms with Gasteiger partial charge >= 0.3 is 0 Å². The van der Waals surface area contributed by atoms with Gasteiger partial charge in [-0.1, -0.05) is 19.3 Å². The molecule has 1 saturated carbocycles.